The molecule has 5 heteroatoms. The average molecular weight is 226 g/mol. The normalized spacial score (nSPS) is 21.9. The van der Waals surface area contributed by atoms with Crippen molar-refractivity contribution in [3.63, 3.8) is 0 Å². The molecule has 1 saturated carbocycles. The predicted octanol–water partition coefficient (Wildman–Crippen LogP) is 1.19. The van der Waals surface area contributed by atoms with Gasteiger partial charge >= 0.3 is 12.0 Å². The Morgan fingerprint density at radius 2 is 1.94 bits per heavy atom. The Bertz CT molecular complexity index is 300. The summed E-state index contributed by atoms with van der Waals surface area (Å²) in [5.41, 5.74) is 0.118. The second-order valence-corrected chi connectivity index (χ2v) is 4.71. The molecule has 2 fully saturated rings. The molecule has 0 unspecified atom stereocenters. The lowest BCUT2D eigenvalue weighted by atomic mass is 9.75. The molecule has 0 aromatic rings. The second kappa shape index (κ2) is 4.31. The third-order valence-electron chi connectivity index (χ3n) is 3.74. The Balaban J connectivity index is 1.82. The summed E-state index contributed by atoms with van der Waals surface area (Å²) < 4.78 is 0. The predicted molar refractivity (Wildman–Crippen MR) is 58.2 cm³/mol. The highest BCUT2D eigenvalue weighted by atomic mass is 16.4. The van der Waals surface area contributed by atoms with Gasteiger partial charge < -0.3 is 15.3 Å². The molecule has 2 amide bonds. The molecule has 0 bridgehead atoms. The van der Waals surface area contributed by atoms with Gasteiger partial charge in [-0.2, -0.15) is 0 Å². The first-order valence-electron chi connectivity index (χ1n) is 5.91. The number of urea groups is 1. The molecule has 90 valence electrons. The monoisotopic (exact) mass is 226 g/mol. The maximum atomic E-state index is 11.9. The first-order chi connectivity index (χ1) is 7.64. The van der Waals surface area contributed by atoms with Crippen LogP contribution in [0.5, 0.6) is 0 Å². The van der Waals surface area contributed by atoms with Crippen molar-refractivity contribution in [1.29, 1.82) is 0 Å². The van der Waals surface area contributed by atoms with Crippen molar-refractivity contribution in [3.8, 4) is 0 Å². The number of nitrogens with one attached hydrogen (secondary N) is 1. The SMILES string of the molecule is O=C(O)CCNC(=O)N1CCCC12CCC2. The number of aliphatic carboxylic acids is 1. The summed E-state index contributed by atoms with van der Waals surface area (Å²) in [7, 11) is 0. The molecule has 0 radical (unpaired) electrons. The van der Waals surface area contributed by atoms with Gasteiger partial charge in [0.05, 0.1) is 6.42 Å². The van der Waals surface area contributed by atoms with Gasteiger partial charge in [0.25, 0.3) is 0 Å². The first-order valence-corrected chi connectivity index (χ1v) is 5.91. The smallest absolute Gasteiger partial charge is 0.317 e. The van der Waals surface area contributed by atoms with Crippen LogP contribution in [0.4, 0.5) is 4.79 Å². The van der Waals surface area contributed by atoms with Gasteiger partial charge in [-0.3, -0.25) is 4.79 Å². The Morgan fingerprint density at radius 1 is 1.25 bits per heavy atom. The van der Waals surface area contributed by atoms with E-state index < -0.39 is 5.97 Å². The largest absolute Gasteiger partial charge is 0.481 e. The van der Waals surface area contributed by atoms with Gasteiger partial charge in [-0.05, 0) is 32.1 Å². The van der Waals surface area contributed by atoms with Crippen LogP contribution in [0.1, 0.15) is 38.5 Å². The lowest BCUT2D eigenvalue weighted by Crippen LogP contribution is -2.55. The van der Waals surface area contributed by atoms with Crippen LogP contribution >= 0.6 is 0 Å². The standard InChI is InChI=1S/C11H18N2O3/c14-9(15)3-7-12-10(16)13-8-2-6-11(13)4-1-5-11/h1-8H2,(H,12,16)(H,14,15). The van der Waals surface area contributed by atoms with Crippen molar-refractivity contribution >= 4 is 12.0 Å². The van der Waals surface area contributed by atoms with Crippen LogP contribution in [0.25, 0.3) is 0 Å². The summed E-state index contributed by atoms with van der Waals surface area (Å²) in [4.78, 5) is 24.1. The maximum Gasteiger partial charge on any atom is 0.317 e. The third-order valence-corrected chi connectivity index (χ3v) is 3.74. The van der Waals surface area contributed by atoms with E-state index in [1.54, 1.807) is 0 Å². The summed E-state index contributed by atoms with van der Waals surface area (Å²) in [6.45, 7) is 1.04. The van der Waals surface area contributed by atoms with Gasteiger partial charge in [0, 0.05) is 18.6 Å². The lowest BCUT2D eigenvalue weighted by Gasteiger charge is -2.45. The number of carbonyl (C=O) groups excluding carboxylic acids is 1. The Hall–Kier alpha value is -1.26. The fourth-order valence-corrected chi connectivity index (χ4v) is 2.73. The van der Waals surface area contributed by atoms with E-state index in [-0.39, 0.29) is 24.5 Å². The molecular formula is C11H18N2O3. The number of hydrogen-bond donors (Lipinski definition) is 2. The van der Waals surface area contributed by atoms with Crippen LogP contribution in [-0.2, 0) is 4.79 Å². The summed E-state index contributed by atoms with van der Waals surface area (Å²) in [6.07, 6.45) is 5.61. The van der Waals surface area contributed by atoms with Crippen molar-refractivity contribution in [3.05, 3.63) is 0 Å². The molecular weight excluding hydrogens is 208 g/mol. The summed E-state index contributed by atoms with van der Waals surface area (Å²) in [5, 5.41) is 11.2. The van der Waals surface area contributed by atoms with Crippen LogP contribution < -0.4 is 5.32 Å². The minimum absolute atomic E-state index is 0.00736. The van der Waals surface area contributed by atoms with E-state index in [1.165, 1.54) is 6.42 Å². The number of carbonyl (C=O) groups is 2. The molecule has 2 N–H and O–H groups in total. The molecule has 2 aliphatic rings. The molecule has 1 heterocycles. The van der Waals surface area contributed by atoms with E-state index in [9.17, 15) is 9.59 Å². The van der Waals surface area contributed by atoms with E-state index in [2.05, 4.69) is 5.32 Å². The fraction of sp³-hybridized carbons (Fsp3) is 0.818. The van der Waals surface area contributed by atoms with Crippen LogP contribution in [0.15, 0.2) is 0 Å². The number of rotatable bonds is 3. The number of likely N-dealkylation sites (tertiary alicyclic amines) is 1. The molecule has 0 aromatic heterocycles. The van der Waals surface area contributed by atoms with E-state index >= 15 is 0 Å². The third kappa shape index (κ3) is 1.99. The molecule has 1 aliphatic heterocycles. The summed E-state index contributed by atoms with van der Waals surface area (Å²) in [5.74, 6) is -0.875. The zero-order valence-corrected chi connectivity index (χ0v) is 9.37. The summed E-state index contributed by atoms with van der Waals surface area (Å²) in [6, 6.07) is -0.0848. The molecule has 0 atom stereocenters. The van der Waals surface area contributed by atoms with Crippen molar-refractivity contribution in [2.24, 2.45) is 0 Å². The van der Waals surface area contributed by atoms with E-state index in [0.29, 0.717) is 0 Å². The van der Waals surface area contributed by atoms with E-state index in [4.69, 9.17) is 5.11 Å². The van der Waals surface area contributed by atoms with Crippen molar-refractivity contribution in [2.75, 3.05) is 13.1 Å². The second-order valence-electron chi connectivity index (χ2n) is 4.71. The van der Waals surface area contributed by atoms with Gasteiger partial charge in [-0.15, -0.1) is 0 Å². The van der Waals surface area contributed by atoms with Gasteiger partial charge in [0.1, 0.15) is 0 Å². The molecule has 2 rings (SSSR count). The minimum Gasteiger partial charge on any atom is -0.481 e. The van der Waals surface area contributed by atoms with E-state index in [1.807, 2.05) is 4.90 Å². The number of carboxylic acid groups (broad SMARTS) is 1. The summed E-state index contributed by atoms with van der Waals surface area (Å²) >= 11 is 0. The molecule has 0 aromatic carbocycles. The van der Waals surface area contributed by atoms with Gasteiger partial charge in [0.2, 0.25) is 0 Å². The number of carboxylic acids is 1. The van der Waals surface area contributed by atoms with Gasteiger partial charge in [-0.25, -0.2) is 4.79 Å². The molecule has 1 aliphatic carbocycles. The van der Waals surface area contributed by atoms with Crippen molar-refractivity contribution < 1.29 is 14.7 Å². The van der Waals surface area contributed by atoms with E-state index in [0.717, 1.165) is 32.2 Å². The Labute approximate surface area is 94.8 Å². The van der Waals surface area contributed by atoms with Crippen LogP contribution in [-0.4, -0.2) is 40.6 Å². The number of amides is 2. The number of hydrogen-bond acceptors (Lipinski definition) is 2. The van der Waals surface area contributed by atoms with Crippen LogP contribution in [0, 0.1) is 0 Å². The van der Waals surface area contributed by atoms with Crippen LogP contribution in [0.2, 0.25) is 0 Å². The molecule has 5 nitrogen and oxygen atoms in total. The fourth-order valence-electron chi connectivity index (χ4n) is 2.73. The van der Waals surface area contributed by atoms with Gasteiger partial charge in [0.15, 0.2) is 0 Å². The highest BCUT2D eigenvalue weighted by Gasteiger charge is 2.47. The topological polar surface area (TPSA) is 69.6 Å². The Kier molecular flexibility index (Phi) is 3.03. The Morgan fingerprint density at radius 3 is 2.50 bits per heavy atom. The highest BCUT2D eigenvalue weighted by Crippen LogP contribution is 2.45. The quantitative estimate of drug-likeness (QED) is 0.759. The first kappa shape index (κ1) is 11.2. The average Bonchev–Trinajstić information content (AvgIpc) is 2.60. The van der Waals surface area contributed by atoms with Gasteiger partial charge in [-0.1, -0.05) is 0 Å². The maximum absolute atomic E-state index is 11.9. The lowest BCUT2D eigenvalue weighted by molar-refractivity contribution is -0.136. The number of nitrogens with zero attached hydrogens (tertiary/aromatic N) is 1. The highest BCUT2D eigenvalue weighted by molar-refractivity contribution is 5.76. The van der Waals surface area contributed by atoms with Crippen molar-refractivity contribution in [2.45, 2.75) is 44.1 Å². The zero-order chi connectivity index (χ0) is 11.6. The molecule has 1 saturated heterocycles. The molecule has 1 spiro atoms. The minimum atomic E-state index is -0.875. The van der Waals surface area contributed by atoms with Crippen LogP contribution in [0.3, 0.4) is 0 Å². The molecule has 16 heavy (non-hydrogen) atoms. The van der Waals surface area contributed by atoms with Crippen molar-refractivity contribution in [1.82, 2.24) is 10.2 Å². The zero-order valence-electron chi connectivity index (χ0n) is 9.37.